The minimum atomic E-state index is -0.173. The summed E-state index contributed by atoms with van der Waals surface area (Å²) in [6, 6.07) is 3.87. The van der Waals surface area contributed by atoms with E-state index in [4.69, 9.17) is 0 Å². The molecule has 0 radical (unpaired) electrons. The molecular formula is C13H18BrN3O. The van der Waals surface area contributed by atoms with Crippen LogP contribution in [0.4, 0.5) is 5.69 Å². The van der Waals surface area contributed by atoms with Crippen molar-refractivity contribution in [1.82, 2.24) is 9.97 Å². The molecule has 0 aliphatic heterocycles. The Kier molecular flexibility index (Phi) is 4.11. The van der Waals surface area contributed by atoms with Crippen molar-refractivity contribution >= 4 is 32.7 Å². The van der Waals surface area contributed by atoms with Crippen LogP contribution in [0.3, 0.4) is 0 Å². The lowest BCUT2D eigenvalue weighted by Gasteiger charge is -2.13. The summed E-state index contributed by atoms with van der Waals surface area (Å²) in [5.41, 5.74) is 2.49. The Labute approximate surface area is 114 Å². The van der Waals surface area contributed by atoms with Crippen LogP contribution < -0.4 is 11.0 Å². The van der Waals surface area contributed by atoms with Crippen molar-refractivity contribution in [2.45, 2.75) is 26.7 Å². The molecule has 0 saturated heterocycles. The van der Waals surface area contributed by atoms with Gasteiger partial charge in [0.15, 0.2) is 0 Å². The quantitative estimate of drug-likeness (QED) is 0.792. The van der Waals surface area contributed by atoms with E-state index in [-0.39, 0.29) is 5.69 Å². The van der Waals surface area contributed by atoms with Crippen LogP contribution in [0.2, 0.25) is 0 Å². The molecule has 0 amide bonds. The number of hydrogen-bond acceptors (Lipinski definition) is 2. The molecule has 0 aliphatic carbocycles. The van der Waals surface area contributed by atoms with E-state index in [1.165, 1.54) is 12.8 Å². The second-order valence-electron chi connectivity index (χ2n) is 4.73. The molecule has 0 fully saturated rings. The number of aromatic amines is 2. The molecule has 1 aromatic carbocycles. The fourth-order valence-corrected chi connectivity index (χ4v) is 2.55. The van der Waals surface area contributed by atoms with Gasteiger partial charge >= 0.3 is 5.69 Å². The lowest BCUT2D eigenvalue weighted by molar-refractivity contribution is 0.550. The number of anilines is 1. The minimum absolute atomic E-state index is 0.173. The molecule has 1 aromatic heterocycles. The van der Waals surface area contributed by atoms with E-state index in [1.807, 2.05) is 12.1 Å². The molecule has 0 bridgehead atoms. The predicted octanol–water partition coefficient (Wildman–Crippen LogP) is 3.47. The zero-order chi connectivity index (χ0) is 13.1. The van der Waals surface area contributed by atoms with Crippen molar-refractivity contribution in [2.24, 2.45) is 5.92 Å². The summed E-state index contributed by atoms with van der Waals surface area (Å²) in [5.74, 6) is 0.642. The lowest BCUT2D eigenvalue weighted by Crippen LogP contribution is -2.11. The highest BCUT2D eigenvalue weighted by atomic mass is 79.9. The van der Waals surface area contributed by atoms with E-state index in [0.717, 1.165) is 27.7 Å². The largest absolute Gasteiger partial charge is 0.384 e. The standard InChI is InChI=1S/C13H18BrN3O/c1-3-4-8(2)7-15-10-6-12-11(5-9(10)14)16-13(18)17-12/h5-6,8,15H,3-4,7H2,1-2H3,(H2,16,17,18). The van der Waals surface area contributed by atoms with E-state index in [2.05, 4.69) is 45.1 Å². The molecule has 0 saturated carbocycles. The van der Waals surface area contributed by atoms with Gasteiger partial charge in [-0.15, -0.1) is 0 Å². The van der Waals surface area contributed by atoms with E-state index >= 15 is 0 Å². The first-order valence-corrected chi connectivity index (χ1v) is 7.05. The predicted molar refractivity (Wildman–Crippen MR) is 79.2 cm³/mol. The normalized spacial score (nSPS) is 12.8. The van der Waals surface area contributed by atoms with Gasteiger partial charge in [-0.1, -0.05) is 20.3 Å². The molecule has 3 N–H and O–H groups in total. The van der Waals surface area contributed by atoms with Crippen molar-refractivity contribution in [2.75, 3.05) is 11.9 Å². The molecule has 4 nitrogen and oxygen atoms in total. The number of fused-ring (bicyclic) bond motifs is 1. The van der Waals surface area contributed by atoms with Gasteiger partial charge in [-0.3, -0.25) is 0 Å². The van der Waals surface area contributed by atoms with Gasteiger partial charge in [-0.05, 0) is 40.4 Å². The Morgan fingerprint density at radius 1 is 1.33 bits per heavy atom. The Hall–Kier alpha value is -1.23. The third kappa shape index (κ3) is 2.96. The Morgan fingerprint density at radius 3 is 2.67 bits per heavy atom. The van der Waals surface area contributed by atoms with Crippen molar-refractivity contribution < 1.29 is 0 Å². The summed E-state index contributed by atoms with van der Waals surface area (Å²) in [5, 5.41) is 3.42. The van der Waals surface area contributed by atoms with Crippen LogP contribution in [-0.2, 0) is 0 Å². The van der Waals surface area contributed by atoms with Crippen LogP contribution in [-0.4, -0.2) is 16.5 Å². The summed E-state index contributed by atoms with van der Waals surface area (Å²) in [6.07, 6.45) is 2.42. The lowest BCUT2D eigenvalue weighted by atomic mass is 10.1. The molecule has 2 rings (SSSR count). The van der Waals surface area contributed by atoms with Crippen LogP contribution in [0.25, 0.3) is 11.0 Å². The van der Waals surface area contributed by atoms with E-state index in [1.54, 1.807) is 0 Å². The Morgan fingerprint density at radius 2 is 2.00 bits per heavy atom. The first-order valence-electron chi connectivity index (χ1n) is 6.25. The molecule has 0 aliphatic rings. The van der Waals surface area contributed by atoms with Crippen LogP contribution in [0.1, 0.15) is 26.7 Å². The number of aromatic nitrogens is 2. The third-order valence-corrected chi connectivity index (χ3v) is 3.68. The summed E-state index contributed by atoms with van der Waals surface area (Å²) in [6.45, 7) is 5.37. The van der Waals surface area contributed by atoms with Gasteiger partial charge in [0.05, 0.1) is 16.7 Å². The second-order valence-corrected chi connectivity index (χ2v) is 5.59. The van der Waals surface area contributed by atoms with Gasteiger partial charge in [0.25, 0.3) is 0 Å². The molecule has 1 atom stereocenters. The van der Waals surface area contributed by atoms with Crippen LogP contribution in [0.15, 0.2) is 21.4 Å². The van der Waals surface area contributed by atoms with Crippen molar-refractivity contribution in [1.29, 1.82) is 0 Å². The summed E-state index contributed by atoms with van der Waals surface area (Å²) >= 11 is 3.52. The number of rotatable bonds is 5. The molecule has 1 unspecified atom stereocenters. The summed E-state index contributed by atoms with van der Waals surface area (Å²) in [4.78, 5) is 16.7. The van der Waals surface area contributed by atoms with Crippen molar-refractivity contribution in [3.8, 4) is 0 Å². The van der Waals surface area contributed by atoms with Crippen LogP contribution in [0, 0.1) is 5.92 Å². The Balaban J connectivity index is 2.17. The molecular weight excluding hydrogens is 294 g/mol. The fraction of sp³-hybridized carbons (Fsp3) is 0.462. The van der Waals surface area contributed by atoms with Gasteiger partial charge in [0.2, 0.25) is 0 Å². The number of hydrogen-bond donors (Lipinski definition) is 3. The van der Waals surface area contributed by atoms with Gasteiger partial charge < -0.3 is 15.3 Å². The molecule has 98 valence electrons. The minimum Gasteiger partial charge on any atom is -0.384 e. The average Bonchev–Trinajstić information content (AvgIpc) is 2.65. The maximum Gasteiger partial charge on any atom is 0.323 e. The molecule has 2 aromatic rings. The SMILES string of the molecule is CCCC(C)CNc1cc2[nH]c(=O)[nH]c2cc1Br. The average molecular weight is 312 g/mol. The van der Waals surface area contributed by atoms with Gasteiger partial charge in [-0.2, -0.15) is 0 Å². The van der Waals surface area contributed by atoms with Crippen LogP contribution >= 0.6 is 15.9 Å². The number of nitrogens with one attached hydrogen (secondary N) is 3. The number of benzene rings is 1. The van der Waals surface area contributed by atoms with Crippen molar-refractivity contribution in [3.05, 3.63) is 27.1 Å². The Bertz CT molecular complexity index is 587. The smallest absolute Gasteiger partial charge is 0.323 e. The molecule has 0 spiro atoms. The summed E-state index contributed by atoms with van der Waals surface area (Å²) < 4.78 is 0.967. The highest BCUT2D eigenvalue weighted by Gasteiger charge is 2.06. The first-order chi connectivity index (χ1) is 8.60. The van der Waals surface area contributed by atoms with E-state index < -0.39 is 0 Å². The fourth-order valence-electron chi connectivity index (χ4n) is 2.07. The number of halogens is 1. The van der Waals surface area contributed by atoms with Gasteiger partial charge in [0.1, 0.15) is 0 Å². The maximum absolute atomic E-state index is 11.2. The third-order valence-electron chi connectivity index (χ3n) is 3.03. The first kappa shape index (κ1) is 13.2. The monoisotopic (exact) mass is 311 g/mol. The number of imidazole rings is 1. The highest BCUT2D eigenvalue weighted by molar-refractivity contribution is 9.10. The summed E-state index contributed by atoms with van der Waals surface area (Å²) in [7, 11) is 0. The second kappa shape index (κ2) is 5.61. The van der Waals surface area contributed by atoms with Gasteiger partial charge in [0, 0.05) is 11.0 Å². The van der Waals surface area contributed by atoms with Gasteiger partial charge in [-0.25, -0.2) is 4.79 Å². The van der Waals surface area contributed by atoms with Crippen LogP contribution in [0.5, 0.6) is 0 Å². The molecule has 5 heteroatoms. The van der Waals surface area contributed by atoms with E-state index in [9.17, 15) is 4.79 Å². The number of H-pyrrole nitrogens is 2. The topological polar surface area (TPSA) is 60.7 Å². The maximum atomic E-state index is 11.2. The zero-order valence-electron chi connectivity index (χ0n) is 10.6. The van der Waals surface area contributed by atoms with Crippen molar-refractivity contribution in [3.63, 3.8) is 0 Å². The zero-order valence-corrected chi connectivity index (χ0v) is 12.2. The highest BCUT2D eigenvalue weighted by Crippen LogP contribution is 2.26. The molecule has 1 heterocycles. The molecule has 18 heavy (non-hydrogen) atoms. The van der Waals surface area contributed by atoms with E-state index in [0.29, 0.717) is 5.92 Å².